The van der Waals surface area contributed by atoms with E-state index in [1.807, 2.05) is 0 Å². The third-order valence-electron chi connectivity index (χ3n) is 1.76. The van der Waals surface area contributed by atoms with E-state index in [9.17, 15) is 0 Å². The van der Waals surface area contributed by atoms with Crippen LogP contribution in [0.3, 0.4) is 0 Å². The summed E-state index contributed by atoms with van der Waals surface area (Å²) in [5.74, 6) is 0. The van der Waals surface area contributed by atoms with Gasteiger partial charge in [0.2, 0.25) is 0 Å². The Morgan fingerprint density at radius 2 is 2.09 bits per heavy atom. The first-order valence-electron chi connectivity index (χ1n) is 3.69. The van der Waals surface area contributed by atoms with Crippen LogP contribution in [0, 0.1) is 13.8 Å². The second-order valence-electron chi connectivity index (χ2n) is 2.84. The third kappa shape index (κ3) is 1.17. The SMILES string of the molecule is Cc1ccc2nc(C)[pH]c2c1. The molecule has 0 aliphatic carbocycles. The summed E-state index contributed by atoms with van der Waals surface area (Å²) in [5.41, 5.74) is 3.76. The molecule has 1 atom stereocenters. The Balaban J connectivity index is 2.82. The van der Waals surface area contributed by atoms with E-state index in [4.69, 9.17) is 0 Å². The van der Waals surface area contributed by atoms with Gasteiger partial charge in [0.1, 0.15) is 0 Å². The number of hydrogen-bond acceptors (Lipinski definition) is 1. The van der Waals surface area contributed by atoms with E-state index in [1.165, 1.54) is 21.6 Å². The lowest BCUT2D eigenvalue weighted by Gasteiger charge is -1.89. The fraction of sp³-hybridized carbons (Fsp3) is 0.222. The van der Waals surface area contributed by atoms with Crippen LogP contribution in [0.1, 0.15) is 11.0 Å². The molecule has 0 saturated heterocycles. The van der Waals surface area contributed by atoms with Crippen LogP contribution in [0.25, 0.3) is 10.6 Å². The Morgan fingerprint density at radius 1 is 1.27 bits per heavy atom. The van der Waals surface area contributed by atoms with Gasteiger partial charge in [-0.05, 0) is 26.0 Å². The fourth-order valence-corrected chi connectivity index (χ4v) is 2.38. The van der Waals surface area contributed by atoms with Gasteiger partial charge < -0.3 is 0 Å². The standard InChI is InChI=1S/C9H10NP/c1-6-3-4-8-9(5-6)11-7(2)10-8/h3-5,11H,1-2H3. The van der Waals surface area contributed by atoms with Gasteiger partial charge in [0.05, 0.1) is 10.9 Å². The van der Waals surface area contributed by atoms with Gasteiger partial charge in [0.15, 0.2) is 0 Å². The molecule has 0 radical (unpaired) electrons. The normalized spacial score (nSPS) is 11.5. The smallest absolute Gasteiger partial charge is 0.0746 e. The molecule has 56 valence electrons. The molecule has 1 aromatic heterocycles. The van der Waals surface area contributed by atoms with Crippen molar-refractivity contribution in [1.29, 1.82) is 0 Å². The molecule has 0 amide bonds. The fourth-order valence-electron chi connectivity index (χ4n) is 1.25. The molecule has 2 aromatic rings. The minimum atomic E-state index is 0.800. The summed E-state index contributed by atoms with van der Waals surface area (Å²) in [7, 11) is 0.800. The molecule has 1 unspecified atom stereocenters. The summed E-state index contributed by atoms with van der Waals surface area (Å²) in [6, 6.07) is 6.45. The lowest BCUT2D eigenvalue weighted by molar-refractivity contribution is 1.34. The topological polar surface area (TPSA) is 12.9 Å². The average Bonchev–Trinajstić information content (AvgIpc) is 2.27. The van der Waals surface area contributed by atoms with Crippen molar-refractivity contribution in [2.24, 2.45) is 0 Å². The Hall–Kier alpha value is -0.810. The van der Waals surface area contributed by atoms with E-state index in [1.54, 1.807) is 0 Å². The number of benzene rings is 1. The van der Waals surface area contributed by atoms with Gasteiger partial charge in [0, 0.05) is 5.12 Å². The Bertz CT molecular complexity index is 389. The lowest BCUT2D eigenvalue weighted by Crippen LogP contribution is -1.70. The zero-order valence-corrected chi connectivity index (χ0v) is 7.68. The summed E-state index contributed by atoms with van der Waals surface area (Å²) < 4.78 is 0. The van der Waals surface area contributed by atoms with E-state index in [0.29, 0.717) is 0 Å². The third-order valence-corrected chi connectivity index (χ3v) is 2.90. The number of hydrogen-bond donors (Lipinski definition) is 0. The van der Waals surface area contributed by atoms with Crippen molar-refractivity contribution in [2.75, 3.05) is 0 Å². The van der Waals surface area contributed by atoms with Crippen LogP contribution in [0.15, 0.2) is 18.2 Å². The molecule has 0 N–H and O–H groups in total. The number of nitrogens with zero attached hydrogens (tertiary/aromatic N) is 1. The van der Waals surface area contributed by atoms with E-state index < -0.39 is 0 Å². The Morgan fingerprint density at radius 3 is 2.91 bits per heavy atom. The van der Waals surface area contributed by atoms with E-state index >= 15 is 0 Å². The highest BCUT2D eigenvalue weighted by Gasteiger charge is 1.96. The van der Waals surface area contributed by atoms with Crippen molar-refractivity contribution in [3.63, 3.8) is 0 Å². The minimum absolute atomic E-state index is 0.800. The molecule has 0 fully saturated rings. The molecular weight excluding hydrogens is 153 g/mol. The first kappa shape index (κ1) is 6.87. The monoisotopic (exact) mass is 163 g/mol. The van der Waals surface area contributed by atoms with Crippen LogP contribution < -0.4 is 0 Å². The molecule has 1 aromatic carbocycles. The van der Waals surface area contributed by atoms with Gasteiger partial charge in [-0.2, -0.15) is 0 Å². The van der Waals surface area contributed by atoms with Crippen molar-refractivity contribution < 1.29 is 0 Å². The highest BCUT2D eigenvalue weighted by Crippen LogP contribution is 2.26. The molecule has 0 bridgehead atoms. The summed E-state index contributed by atoms with van der Waals surface area (Å²) in [6.07, 6.45) is 0. The molecule has 0 spiro atoms. The maximum absolute atomic E-state index is 4.42. The van der Waals surface area contributed by atoms with Crippen LogP contribution in [-0.4, -0.2) is 4.98 Å². The molecule has 0 saturated carbocycles. The lowest BCUT2D eigenvalue weighted by atomic mass is 10.2. The van der Waals surface area contributed by atoms with Crippen LogP contribution in [0.2, 0.25) is 0 Å². The number of fused-ring (bicyclic) bond motifs is 1. The van der Waals surface area contributed by atoms with Crippen molar-refractivity contribution in [2.45, 2.75) is 13.8 Å². The van der Waals surface area contributed by atoms with Crippen molar-refractivity contribution in [1.82, 2.24) is 4.98 Å². The summed E-state index contributed by atoms with van der Waals surface area (Å²) >= 11 is 0. The average molecular weight is 163 g/mol. The zero-order chi connectivity index (χ0) is 7.84. The van der Waals surface area contributed by atoms with Gasteiger partial charge in [-0.3, -0.25) is 0 Å². The number of aromatic nitrogens is 1. The first-order chi connectivity index (χ1) is 5.25. The Labute approximate surface area is 67.5 Å². The van der Waals surface area contributed by atoms with Crippen LogP contribution in [-0.2, 0) is 0 Å². The second-order valence-corrected chi connectivity index (χ2v) is 4.36. The van der Waals surface area contributed by atoms with Crippen molar-refractivity contribution >= 4 is 18.8 Å². The van der Waals surface area contributed by atoms with E-state index in [0.717, 1.165) is 8.19 Å². The van der Waals surface area contributed by atoms with Gasteiger partial charge in [-0.25, -0.2) is 4.98 Å². The molecule has 2 rings (SSSR count). The van der Waals surface area contributed by atoms with Crippen molar-refractivity contribution in [3.8, 4) is 0 Å². The largest absolute Gasteiger partial charge is 0.249 e. The summed E-state index contributed by atoms with van der Waals surface area (Å²) in [6.45, 7) is 4.21. The first-order valence-corrected chi connectivity index (χ1v) is 4.69. The molecule has 1 heterocycles. The second kappa shape index (κ2) is 2.35. The van der Waals surface area contributed by atoms with Crippen molar-refractivity contribution in [3.05, 3.63) is 29.2 Å². The number of rotatable bonds is 0. The maximum Gasteiger partial charge on any atom is 0.0746 e. The summed E-state index contributed by atoms with van der Waals surface area (Å²) in [5, 5.41) is 1.41. The predicted molar refractivity (Wildman–Crippen MR) is 50.7 cm³/mol. The van der Waals surface area contributed by atoms with Gasteiger partial charge in [-0.1, -0.05) is 11.6 Å². The van der Waals surface area contributed by atoms with Gasteiger partial charge in [0.25, 0.3) is 0 Å². The molecule has 0 aliphatic rings. The van der Waals surface area contributed by atoms with E-state index in [-0.39, 0.29) is 0 Å². The van der Waals surface area contributed by atoms with Crippen LogP contribution in [0.4, 0.5) is 0 Å². The van der Waals surface area contributed by atoms with Crippen LogP contribution in [0.5, 0.6) is 0 Å². The minimum Gasteiger partial charge on any atom is -0.249 e. The molecular formula is C9H10NP. The Kier molecular flexibility index (Phi) is 1.47. The molecule has 11 heavy (non-hydrogen) atoms. The number of aryl methyl sites for hydroxylation is 2. The molecule has 2 heteroatoms. The van der Waals surface area contributed by atoms with E-state index in [2.05, 4.69) is 37.0 Å². The highest BCUT2D eigenvalue weighted by atomic mass is 31.0. The van der Waals surface area contributed by atoms with Gasteiger partial charge in [-0.15, -0.1) is 8.19 Å². The molecule has 0 aliphatic heterocycles. The quantitative estimate of drug-likeness (QED) is 0.581. The molecule has 1 nitrogen and oxygen atoms in total. The maximum atomic E-state index is 4.42. The predicted octanol–water partition coefficient (Wildman–Crippen LogP) is 2.88. The van der Waals surface area contributed by atoms with Gasteiger partial charge >= 0.3 is 0 Å². The summed E-state index contributed by atoms with van der Waals surface area (Å²) in [4.78, 5) is 4.42. The highest BCUT2D eigenvalue weighted by molar-refractivity contribution is 7.37. The zero-order valence-electron chi connectivity index (χ0n) is 6.68. The van der Waals surface area contributed by atoms with Crippen LogP contribution >= 0.6 is 8.19 Å².